The van der Waals surface area contributed by atoms with Crippen LogP contribution in [-0.4, -0.2) is 5.78 Å². The summed E-state index contributed by atoms with van der Waals surface area (Å²) in [4.78, 5) is 11.0. The Balaban J connectivity index is 3.29. The number of hydrogen-bond acceptors (Lipinski definition) is 1. The van der Waals surface area contributed by atoms with Crippen LogP contribution in [0.1, 0.15) is 46.0 Å². The third-order valence-electron chi connectivity index (χ3n) is 1.56. The van der Waals surface area contributed by atoms with Gasteiger partial charge in [0.05, 0.1) is 0 Å². The van der Waals surface area contributed by atoms with Gasteiger partial charge in [-0.3, -0.25) is 4.79 Å². The van der Waals surface area contributed by atoms with Crippen LogP contribution < -0.4 is 0 Å². The van der Waals surface area contributed by atoms with Crippen molar-refractivity contribution in [2.45, 2.75) is 46.0 Å². The number of allylic oxidation sites excluding steroid dienone is 2. The second-order valence-corrected chi connectivity index (χ2v) is 2.73. The highest BCUT2D eigenvalue weighted by atomic mass is 16.1. The highest BCUT2D eigenvalue weighted by Crippen LogP contribution is 1.99. The molecular weight excluding hydrogens is 136 g/mol. The minimum Gasteiger partial charge on any atom is -0.299 e. The summed E-state index contributed by atoms with van der Waals surface area (Å²) >= 11 is 0. The molecular formula is C10H18O. The van der Waals surface area contributed by atoms with E-state index in [1.165, 1.54) is 0 Å². The largest absolute Gasteiger partial charge is 0.299 e. The van der Waals surface area contributed by atoms with Gasteiger partial charge >= 0.3 is 0 Å². The molecule has 0 atom stereocenters. The number of Topliss-reactive ketones (excluding diaryl/α,β-unsaturated/α-hetero) is 1. The van der Waals surface area contributed by atoms with E-state index < -0.39 is 0 Å². The molecule has 0 amide bonds. The fourth-order valence-corrected chi connectivity index (χ4v) is 0.857. The van der Waals surface area contributed by atoms with Crippen molar-refractivity contribution in [3.05, 3.63) is 12.2 Å². The fraction of sp³-hybridized carbons (Fsp3) is 0.700. The highest BCUT2D eigenvalue weighted by molar-refractivity contribution is 5.79. The van der Waals surface area contributed by atoms with Gasteiger partial charge in [0.1, 0.15) is 5.78 Å². The summed E-state index contributed by atoms with van der Waals surface area (Å²) in [5.41, 5.74) is 0. The molecule has 0 aromatic heterocycles. The third-order valence-corrected chi connectivity index (χ3v) is 1.56. The van der Waals surface area contributed by atoms with Gasteiger partial charge < -0.3 is 0 Å². The van der Waals surface area contributed by atoms with Gasteiger partial charge in [-0.2, -0.15) is 0 Å². The van der Waals surface area contributed by atoms with Crippen LogP contribution in [-0.2, 0) is 4.79 Å². The van der Waals surface area contributed by atoms with Crippen molar-refractivity contribution in [2.24, 2.45) is 0 Å². The first kappa shape index (κ1) is 10.4. The van der Waals surface area contributed by atoms with Crippen LogP contribution >= 0.6 is 0 Å². The molecule has 0 radical (unpaired) electrons. The van der Waals surface area contributed by atoms with E-state index in [-0.39, 0.29) is 0 Å². The SMILES string of the molecule is CC/C=C/CC(=O)CCCC. The zero-order chi connectivity index (χ0) is 8.53. The lowest BCUT2D eigenvalue weighted by atomic mass is 10.1. The molecule has 0 rings (SSSR count). The van der Waals surface area contributed by atoms with Crippen LogP contribution in [0.15, 0.2) is 12.2 Å². The molecule has 1 nitrogen and oxygen atoms in total. The Morgan fingerprint density at radius 3 is 2.55 bits per heavy atom. The second-order valence-electron chi connectivity index (χ2n) is 2.73. The summed E-state index contributed by atoms with van der Waals surface area (Å²) in [6.45, 7) is 4.18. The Hall–Kier alpha value is -0.590. The summed E-state index contributed by atoms with van der Waals surface area (Å²) in [6, 6.07) is 0. The molecule has 0 aliphatic heterocycles. The summed E-state index contributed by atoms with van der Waals surface area (Å²) in [5.74, 6) is 0.372. The van der Waals surface area contributed by atoms with Crippen molar-refractivity contribution in [1.82, 2.24) is 0 Å². The maximum Gasteiger partial charge on any atom is 0.136 e. The highest BCUT2D eigenvalue weighted by Gasteiger charge is 1.96. The molecule has 0 N–H and O–H groups in total. The minimum atomic E-state index is 0.372. The number of ketones is 1. The van der Waals surface area contributed by atoms with E-state index in [1.54, 1.807) is 0 Å². The smallest absolute Gasteiger partial charge is 0.136 e. The molecule has 0 bridgehead atoms. The first-order valence-electron chi connectivity index (χ1n) is 4.48. The van der Waals surface area contributed by atoms with Crippen LogP contribution in [0.3, 0.4) is 0 Å². The molecule has 0 aromatic carbocycles. The summed E-state index contributed by atoms with van der Waals surface area (Å²) in [5, 5.41) is 0. The maximum absolute atomic E-state index is 11.0. The van der Waals surface area contributed by atoms with Gasteiger partial charge in [-0.15, -0.1) is 0 Å². The van der Waals surface area contributed by atoms with Crippen molar-refractivity contribution < 1.29 is 4.79 Å². The predicted molar refractivity (Wildman–Crippen MR) is 48.6 cm³/mol. The van der Waals surface area contributed by atoms with E-state index in [0.29, 0.717) is 12.2 Å². The molecule has 0 spiro atoms. The molecule has 0 aliphatic carbocycles. The average Bonchev–Trinajstić information content (AvgIpc) is 2.01. The Morgan fingerprint density at radius 2 is 2.00 bits per heavy atom. The van der Waals surface area contributed by atoms with E-state index in [0.717, 1.165) is 25.7 Å². The lowest BCUT2D eigenvalue weighted by molar-refractivity contribution is -0.118. The van der Waals surface area contributed by atoms with Crippen molar-refractivity contribution in [1.29, 1.82) is 0 Å². The second kappa shape index (κ2) is 7.52. The van der Waals surface area contributed by atoms with Gasteiger partial charge in [-0.05, 0) is 12.8 Å². The molecule has 0 fully saturated rings. The Morgan fingerprint density at radius 1 is 1.27 bits per heavy atom. The van der Waals surface area contributed by atoms with E-state index in [2.05, 4.69) is 13.8 Å². The standard InChI is InChI=1S/C10H18O/c1-3-5-7-9-10(11)8-6-4-2/h5,7H,3-4,6,8-9H2,1-2H3/b7-5+. The van der Waals surface area contributed by atoms with Crippen LogP contribution in [0, 0.1) is 0 Å². The molecule has 1 heteroatoms. The van der Waals surface area contributed by atoms with Gasteiger partial charge in [0.2, 0.25) is 0 Å². The Bertz CT molecular complexity index is 125. The number of carbonyl (C=O) groups excluding carboxylic acids is 1. The van der Waals surface area contributed by atoms with Crippen LogP contribution in [0.5, 0.6) is 0 Å². The van der Waals surface area contributed by atoms with Crippen molar-refractivity contribution in [3.63, 3.8) is 0 Å². The summed E-state index contributed by atoms with van der Waals surface area (Å²) in [7, 11) is 0. The van der Waals surface area contributed by atoms with E-state index in [1.807, 2.05) is 12.2 Å². The Kier molecular flexibility index (Phi) is 7.11. The van der Waals surface area contributed by atoms with E-state index in [4.69, 9.17) is 0 Å². The van der Waals surface area contributed by atoms with Gasteiger partial charge in [0.15, 0.2) is 0 Å². The number of rotatable bonds is 6. The van der Waals surface area contributed by atoms with E-state index in [9.17, 15) is 4.79 Å². The Labute approximate surface area is 69.5 Å². The number of hydrogen-bond donors (Lipinski definition) is 0. The molecule has 0 saturated carbocycles. The van der Waals surface area contributed by atoms with Crippen molar-refractivity contribution >= 4 is 5.78 Å². The van der Waals surface area contributed by atoms with Gasteiger partial charge in [-0.1, -0.05) is 32.4 Å². The lowest BCUT2D eigenvalue weighted by Crippen LogP contribution is -1.94. The minimum absolute atomic E-state index is 0.372. The molecule has 64 valence electrons. The first-order chi connectivity index (χ1) is 5.31. The third kappa shape index (κ3) is 7.31. The summed E-state index contributed by atoms with van der Waals surface area (Å²) < 4.78 is 0. The van der Waals surface area contributed by atoms with Gasteiger partial charge in [0, 0.05) is 12.8 Å². The van der Waals surface area contributed by atoms with Crippen LogP contribution in [0.2, 0.25) is 0 Å². The number of unbranched alkanes of at least 4 members (excludes halogenated alkanes) is 1. The summed E-state index contributed by atoms with van der Waals surface area (Å²) in [6.07, 6.45) is 8.59. The topological polar surface area (TPSA) is 17.1 Å². The molecule has 0 aliphatic rings. The van der Waals surface area contributed by atoms with Crippen molar-refractivity contribution in [3.8, 4) is 0 Å². The average molecular weight is 154 g/mol. The molecule has 0 saturated heterocycles. The molecule has 0 aromatic rings. The van der Waals surface area contributed by atoms with Gasteiger partial charge in [0.25, 0.3) is 0 Å². The molecule has 0 unspecified atom stereocenters. The quantitative estimate of drug-likeness (QED) is 0.537. The van der Waals surface area contributed by atoms with Crippen molar-refractivity contribution in [2.75, 3.05) is 0 Å². The molecule has 11 heavy (non-hydrogen) atoms. The zero-order valence-electron chi connectivity index (χ0n) is 7.60. The first-order valence-corrected chi connectivity index (χ1v) is 4.48. The fourth-order valence-electron chi connectivity index (χ4n) is 0.857. The normalized spacial score (nSPS) is 10.7. The maximum atomic E-state index is 11.0. The van der Waals surface area contributed by atoms with Crippen LogP contribution in [0.4, 0.5) is 0 Å². The van der Waals surface area contributed by atoms with Crippen LogP contribution in [0.25, 0.3) is 0 Å². The zero-order valence-corrected chi connectivity index (χ0v) is 7.60. The van der Waals surface area contributed by atoms with Gasteiger partial charge in [-0.25, -0.2) is 0 Å². The molecule has 0 heterocycles. The van der Waals surface area contributed by atoms with E-state index >= 15 is 0 Å². The monoisotopic (exact) mass is 154 g/mol. The lowest BCUT2D eigenvalue weighted by Gasteiger charge is -1.93. The number of carbonyl (C=O) groups is 1. The predicted octanol–water partition coefficient (Wildman–Crippen LogP) is 3.10.